The topological polar surface area (TPSA) is 58.6 Å². The number of aryl methyl sites for hydroxylation is 1. The summed E-state index contributed by atoms with van der Waals surface area (Å²) in [6.07, 6.45) is 12.0. The van der Waals surface area contributed by atoms with Gasteiger partial charge in [-0.05, 0) is 49.3 Å². The van der Waals surface area contributed by atoms with Gasteiger partial charge in [-0.15, -0.1) is 11.8 Å². The number of rotatable bonds is 12. The molecule has 6 heteroatoms. The molecule has 0 bridgehead atoms. The van der Waals surface area contributed by atoms with Crippen LogP contribution in [0.2, 0.25) is 0 Å². The number of thioether (sulfide) groups is 2. The SMILES string of the molecule is Cc1ccc(SCCCCCCCSc2ncc(Cc3cccnc3)c(=O)[nH]2)cc1. The van der Waals surface area contributed by atoms with Gasteiger partial charge in [-0.25, -0.2) is 4.98 Å². The molecule has 0 aliphatic rings. The van der Waals surface area contributed by atoms with E-state index in [1.807, 2.05) is 23.9 Å². The zero-order valence-electron chi connectivity index (χ0n) is 17.5. The first-order valence-corrected chi connectivity index (χ1v) is 12.5. The lowest BCUT2D eigenvalue weighted by molar-refractivity contribution is 0.662. The molecule has 1 aromatic carbocycles. The molecule has 0 radical (unpaired) electrons. The minimum Gasteiger partial charge on any atom is -0.301 e. The van der Waals surface area contributed by atoms with Crippen molar-refractivity contribution in [3.8, 4) is 0 Å². The summed E-state index contributed by atoms with van der Waals surface area (Å²) in [7, 11) is 0. The van der Waals surface area contributed by atoms with E-state index in [9.17, 15) is 4.79 Å². The van der Waals surface area contributed by atoms with Crippen molar-refractivity contribution in [2.75, 3.05) is 11.5 Å². The highest BCUT2D eigenvalue weighted by Gasteiger charge is 2.05. The number of pyridine rings is 1. The number of aromatic nitrogens is 3. The summed E-state index contributed by atoms with van der Waals surface area (Å²) in [5.74, 6) is 2.18. The average molecular weight is 440 g/mol. The van der Waals surface area contributed by atoms with Gasteiger partial charge in [-0.1, -0.05) is 54.8 Å². The van der Waals surface area contributed by atoms with Crippen LogP contribution in [0.15, 0.2) is 69.8 Å². The molecule has 0 atom stereocenters. The molecule has 1 N–H and O–H groups in total. The standard InChI is InChI=1S/C24H29N3OS2/c1-19-9-11-22(12-10-19)29-14-5-3-2-4-6-15-30-24-26-18-21(23(28)27-24)16-20-8-7-13-25-17-20/h7-13,17-18H,2-6,14-16H2,1H3,(H,26,27,28). The molecule has 4 nitrogen and oxygen atoms in total. The van der Waals surface area contributed by atoms with Gasteiger partial charge >= 0.3 is 0 Å². The minimum atomic E-state index is -0.0533. The highest BCUT2D eigenvalue weighted by molar-refractivity contribution is 7.99. The van der Waals surface area contributed by atoms with Crippen LogP contribution in [0.5, 0.6) is 0 Å². The van der Waals surface area contributed by atoms with E-state index in [0.29, 0.717) is 17.1 Å². The first-order chi connectivity index (χ1) is 14.7. The molecule has 0 unspecified atom stereocenters. The Balaban J connectivity index is 1.26. The van der Waals surface area contributed by atoms with Crippen LogP contribution in [0.3, 0.4) is 0 Å². The van der Waals surface area contributed by atoms with E-state index in [-0.39, 0.29) is 5.56 Å². The lowest BCUT2D eigenvalue weighted by atomic mass is 10.1. The van der Waals surface area contributed by atoms with Gasteiger partial charge in [0.25, 0.3) is 5.56 Å². The summed E-state index contributed by atoms with van der Waals surface area (Å²) in [6.45, 7) is 2.12. The average Bonchev–Trinajstić information content (AvgIpc) is 2.76. The van der Waals surface area contributed by atoms with Gasteiger partial charge in [0.05, 0.1) is 0 Å². The van der Waals surface area contributed by atoms with Crippen LogP contribution in [0.25, 0.3) is 0 Å². The molecular weight excluding hydrogens is 410 g/mol. The van der Waals surface area contributed by atoms with E-state index in [2.05, 4.69) is 46.1 Å². The second-order valence-corrected chi connectivity index (χ2v) is 9.61. The van der Waals surface area contributed by atoms with Gasteiger partial charge < -0.3 is 4.98 Å². The molecule has 0 fully saturated rings. The van der Waals surface area contributed by atoms with Crippen molar-refractivity contribution < 1.29 is 0 Å². The lowest BCUT2D eigenvalue weighted by Gasteiger charge is -2.04. The van der Waals surface area contributed by atoms with Crippen molar-refractivity contribution in [3.63, 3.8) is 0 Å². The van der Waals surface area contributed by atoms with Crippen LogP contribution in [0.4, 0.5) is 0 Å². The number of nitrogens with one attached hydrogen (secondary N) is 1. The van der Waals surface area contributed by atoms with Crippen LogP contribution in [-0.2, 0) is 6.42 Å². The van der Waals surface area contributed by atoms with Gasteiger partial charge in [-0.3, -0.25) is 9.78 Å². The fourth-order valence-corrected chi connectivity index (χ4v) is 4.80. The second-order valence-electron chi connectivity index (χ2n) is 7.36. The van der Waals surface area contributed by atoms with Gasteiger partial charge in [0.2, 0.25) is 0 Å². The highest BCUT2D eigenvalue weighted by Crippen LogP contribution is 2.21. The third-order valence-corrected chi connectivity index (χ3v) is 6.86. The summed E-state index contributed by atoms with van der Waals surface area (Å²) < 4.78 is 0. The van der Waals surface area contributed by atoms with E-state index >= 15 is 0 Å². The Morgan fingerprint density at radius 2 is 1.63 bits per heavy atom. The zero-order chi connectivity index (χ0) is 21.0. The Labute approximate surface area is 187 Å². The fourth-order valence-electron chi connectivity index (χ4n) is 3.05. The van der Waals surface area contributed by atoms with Gasteiger partial charge in [-0.2, -0.15) is 0 Å². The molecule has 30 heavy (non-hydrogen) atoms. The fraction of sp³-hybridized carbons (Fsp3) is 0.375. The monoisotopic (exact) mass is 439 g/mol. The van der Waals surface area contributed by atoms with E-state index in [4.69, 9.17) is 0 Å². The quantitative estimate of drug-likeness (QED) is 0.216. The summed E-state index contributed by atoms with van der Waals surface area (Å²) >= 11 is 3.58. The van der Waals surface area contributed by atoms with Crippen molar-refractivity contribution in [3.05, 3.63) is 82.0 Å². The Morgan fingerprint density at radius 1 is 0.900 bits per heavy atom. The molecule has 0 saturated heterocycles. The molecule has 0 amide bonds. The van der Waals surface area contributed by atoms with Gasteiger partial charge in [0, 0.05) is 41.2 Å². The van der Waals surface area contributed by atoms with E-state index in [1.54, 1.807) is 30.4 Å². The van der Waals surface area contributed by atoms with Gasteiger partial charge in [0.15, 0.2) is 5.16 Å². The molecule has 3 rings (SSSR count). The van der Waals surface area contributed by atoms with Crippen molar-refractivity contribution in [2.45, 2.75) is 55.5 Å². The molecule has 0 aliphatic heterocycles. The molecule has 158 valence electrons. The molecule has 3 aromatic rings. The van der Waals surface area contributed by atoms with Gasteiger partial charge in [0.1, 0.15) is 0 Å². The van der Waals surface area contributed by atoms with E-state index in [1.165, 1.54) is 41.9 Å². The number of benzene rings is 1. The number of aromatic amines is 1. The van der Waals surface area contributed by atoms with Crippen LogP contribution >= 0.6 is 23.5 Å². The summed E-state index contributed by atoms with van der Waals surface area (Å²) in [6, 6.07) is 12.6. The Bertz CT molecular complexity index is 943. The third kappa shape index (κ3) is 8.00. The van der Waals surface area contributed by atoms with Crippen molar-refractivity contribution in [1.29, 1.82) is 0 Å². The highest BCUT2D eigenvalue weighted by atomic mass is 32.2. The van der Waals surface area contributed by atoms with Crippen LogP contribution in [-0.4, -0.2) is 26.5 Å². The number of nitrogens with zero attached hydrogens (tertiary/aromatic N) is 2. The molecular formula is C24H29N3OS2. The third-order valence-electron chi connectivity index (χ3n) is 4.78. The maximum Gasteiger partial charge on any atom is 0.255 e. The Kier molecular flexibility index (Phi) is 9.51. The molecule has 0 spiro atoms. The van der Waals surface area contributed by atoms with E-state index in [0.717, 1.165) is 17.7 Å². The molecule has 2 heterocycles. The Hall–Kier alpha value is -2.05. The summed E-state index contributed by atoms with van der Waals surface area (Å²) in [5.41, 5.74) is 2.96. The molecule has 0 saturated carbocycles. The van der Waals surface area contributed by atoms with E-state index < -0.39 is 0 Å². The van der Waals surface area contributed by atoms with Crippen molar-refractivity contribution in [1.82, 2.24) is 15.0 Å². The predicted octanol–water partition coefficient (Wildman–Crippen LogP) is 5.90. The summed E-state index contributed by atoms with van der Waals surface area (Å²) in [4.78, 5) is 25.0. The number of H-pyrrole nitrogens is 1. The second kappa shape index (κ2) is 12.6. The summed E-state index contributed by atoms with van der Waals surface area (Å²) in [5, 5.41) is 0.712. The minimum absolute atomic E-state index is 0.0533. The van der Waals surface area contributed by atoms with Crippen LogP contribution in [0.1, 0.15) is 48.8 Å². The predicted molar refractivity (Wildman–Crippen MR) is 128 cm³/mol. The maximum atomic E-state index is 12.3. The lowest BCUT2D eigenvalue weighted by Crippen LogP contribution is -2.14. The van der Waals surface area contributed by atoms with Crippen LogP contribution < -0.4 is 5.56 Å². The largest absolute Gasteiger partial charge is 0.301 e. The van der Waals surface area contributed by atoms with Crippen LogP contribution in [0, 0.1) is 6.92 Å². The normalized spacial score (nSPS) is 11.0. The van der Waals surface area contributed by atoms with Crippen molar-refractivity contribution >= 4 is 23.5 Å². The molecule has 0 aliphatic carbocycles. The molecule has 2 aromatic heterocycles. The first-order valence-electron chi connectivity index (χ1n) is 10.5. The zero-order valence-corrected chi connectivity index (χ0v) is 19.1. The number of hydrogen-bond donors (Lipinski definition) is 1. The smallest absolute Gasteiger partial charge is 0.255 e. The van der Waals surface area contributed by atoms with Crippen molar-refractivity contribution in [2.24, 2.45) is 0 Å². The number of unbranched alkanes of at least 4 members (excludes halogenated alkanes) is 4. The Morgan fingerprint density at radius 3 is 2.33 bits per heavy atom. The maximum absolute atomic E-state index is 12.3. The number of hydrogen-bond acceptors (Lipinski definition) is 5. The first kappa shape index (κ1) is 22.6.